The van der Waals surface area contributed by atoms with E-state index < -0.39 is 18.0 Å². The summed E-state index contributed by atoms with van der Waals surface area (Å²) in [5.41, 5.74) is 1.90. The van der Waals surface area contributed by atoms with E-state index in [9.17, 15) is 14.4 Å². The molecule has 0 aliphatic carbocycles. The Hall–Kier alpha value is -3.38. The molecule has 9 heteroatoms. The highest BCUT2D eigenvalue weighted by Crippen LogP contribution is 2.38. The summed E-state index contributed by atoms with van der Waals surface area (Å²) in [6.07, 6.45) is 0.0521. The fourth-order valence-electron chi connectivity index (χ4n) is 3.05. The Labute approximate surface area is 171 Å². The van der Waals surface area contributed by atoms with Crippen molar-refractivity contribution in [3.05, 3.63) is 51.4 Å². The molecule has 2 amide bonds. The third-order valence-corrected chi connectivity index (χ3v) is 5.61. The van der Waals surface area contributed by atoms with E-state index in [0.29, 0.717) is 41.2 Å². The number of rotatable bonds is 4. The van der Waals surface area contributed by atoms with Crippen molar-refractivity contribution in [1.29, 1.82) is 5.26 Å². The number of fused-ring (bicyclic) bond motifs is 1. The molecule has 0 saturated carbocycles. The molecule has 0 atom stereocenters. The molecule has 2 aromatic rings. The van der Waals surface area contributed by atoms with Crippen LogP contribution in [0.3, 0.4) is 0 Å². The molecule has 0 fully saturated rings. The normalized spacial score (nSPS) is 12.5. The minimum atomic E-state index is -0.540. The van der Waals surface area contributed by atoms with E-state index in [2.05, 4.69) is 5.32 Å². The summed E-state index contributed by atoms with van der Waals surface area (Å²) in [4.78, 5) is 39.4. The van der Waals surface area contributed by atoms with E-state index in [0.717, 1.165) is 10.4 Å². The molecule has 1 aliphatic rings. The first-order chi connectivity index (χ1) is 14.0. The molecular weight excluding hydrogens is 394 g/mol. The average Bonchev–Trinajstić information content (AvgIpc) is 3.10. The summed E-state index contributed by atoms with van der Waals surface area (Å²) >= 11 is 1.24. The van der Waals surface area contributed by atoms with Crippen LogP contribution in [0.15, 0.2) is 24.3 Å². The molecular formula is C20H19N3O5S. The van der Waals surface area contributed by atoms with E-state index in [1.165, 1.54) is 18.4 Å². The Morgan fingerprint density at radius 2 is 2.00 bits per heavy atom. The predicted octanol–water partition coefficient (Wildman–Crippen LogP) is 3.17. The van der Waals surface area contributed by atoms with Crippen LogP contribution in [0.2, 0.25) is 0 Å². The molecule has 0 saturated heterocycles. The molecule has 1 aromatic heterocycles. The average molecular weight is 413 g/mol. The summed E-state index contributed by atoms with van der Waals surface area (Å²) < 4.78 is 9.96. The topological polar surface area (TPSA) is 109 Å². The van der Waals surface area contributed by atoms with Crippen LogP contribution in [0.25, 0.3) is 0 Å². The first-order valence-corrected chi connectivity index (χ1v) is 9.76. The molecule has 150 valence electrons. The highest BCUT2D eigenvalue weighted by molar-refractivity contribution is 7.17. The van der Waals surface area contributed by atoms with Gasteiger partial charge in [-0.15, -0.1) is 11.3 Å². The first-order valence-electron chi connectivity index (χ1n) is 8.94. The van der Waals surface area contributed by atoms with Crippen molar-refractivity contribution in [2.75, 3.05) is 25.6 Å². The van der Waals surface area contributed by atoms with E-state index in [4.69, 9.17) is 14.7 Å². The Morgan fingerprint density at radius 3 is 2.62 bits per heavy atom. The van der Waals surface area contributed by atoms with Crippen molar-refractivity contribution in [3.8, 4) is 6.07 Å². The van der Waals surface area contributed by atoms with Crippen molar-refractivity contribution < 1.29 is 23.9 Å². The van der Waals surface area contributed by atoms with Crippen LogP contribution in [0, 0.1) is 11.3 Å². The van der Waals surface area contributed by atoms with Gasteiger partial charge in [0.1, 0.15) is 5.00 Å². The van der Waals surface area contributed by atoms with Crippen LogP contribution in [0.5, 0.6) is 0 Å². The Morgan fingerprint density at radius 1 is 1.28 bits per heavy atom. The van der Waals surface area contributed by atoms with Gasteiger partial charge in [0.25, 0.3) is 5.91 Å². The summed E-state index contributed by atoms with van der Waals surface area (Å²) in [7, 11) is 1.28. The number of methoxy groups -OCH3 is 1. The number of carbonyl (C=O) groups is 3. The van der Waals surface area contributed by atoms with Gasteiger partial charge in [0, 0.05) is 17.0 Å². The third-order valence-electron chi connectivity index (χ3n) is 4.48. The zero-order valence-corrected chi connectivity index (χ0v) is 16.8. The van der Waals surface area contributed by atoms with Gasteiger partial charge in [-0.25, -0.2) is 9.59 Å². The second-order valence-corrected chi connectivity index (χ2v) is 7.32. The quantitative estimate of drug-likeness (QED) is 0.771. The number of nitriles is 1. The van der Waals surface area contributed by atoms with Gasteiger partial charge in [0.15, 0.2) is 0 Å². The largest absolute Gasteiger partial charge is 0.465 e. The predicted molar refractivity (Wildman–Crippen MR) is 106 cm³/mol. The van der Waals surface area contributed by atoms with Crippen molar-refractivity contribution in [2.24, 2.45) is 0 Å². The van der Waals surface area contributed by atoms with E-state index in [1.807, 2.05) is 6.07 Å². The van der Waals surface area contributed by atoms with Gasteiger partial charge in [-0.05, 0) is 43.2 Å². The molecule has 0 spiro atoms. The summed E-state index contributed by atoms with van der Waals surface area (Å²) in [5, 5.41) is 12.0. The lowest BCUT2D eigenvalue weighted by atomic mass is 10.0. The number of hydrogen-bond acceptors (Lipinski definition) is 7. The van der Waals surface area contributed by atoms with Gasteiger partial charge in [0.05, 0.1) is 37.5 Å². The minimum absolute atomic E-state index is 0.284. The molecule has 0 radical (unpaired) electrons. The highest BCUT2D eigenvalue weighted by atomic mass is 32.1. The van der Waals surface area contributed by atoms with Crippen LogP contribution in [-0.2, 0) is 22.4 Å². The van der Waals surface area contributed by atoms with Crippen molar-refractivity contribution in [2.45, 2.75) is 19.9 Å². The lowest BCUT2D eigenvalue weighted by molar-refractivity contribution is 0.0600. The number of esters is 1. The van der Waals surface area contributed by atoms with Crippen LogP contribution in [0.4, 0.5) is 9.80 Å². The second kappa shape index (κ2) is 8.75. The number of thiophene rings is 1. The smallest absolute Gasteiger partial charge is 0.410 e. The number of hydrogen-bond donors (Lipinski definition) is 1. The molecule has 2 heterocycles. The molecule has 3 rings (SSSR count). The maximum absolute atomic E-state index is 12.6. The summed E-state index contributed by atoms with van der Waals surface area (Å²) in [6.45, 7) is 2.74. The number of nitrogens with one attached hydrogen (secondary N) is 1. The molecule has 1 aliphatic heterocycles. The molecule has 1 aromatic carbocycles. The number of amides is 2. The Kier molecular flexibility index (Phi) is 6.14. The fraction of sp³-hybridized carbons (Fsp3) is 0.300. The Balaban J connectivity index is 1.88. The lowest BCUT2D eigenvalue weighted by Crippen LogP contribution is -2.36. The molecule has 0 bridgehead atoms. The minimum Gasteiger partial charge on any atom is -0.465 e. The van der Waals surface area contributed by atoms with Gasteiger partial charge >= 0.3 is 12.1 Å². The standard InChI is InChI=1S/C20H19N3O5S/c1-3-28-20(26)23-9-8-14-15(11-23)29-18(16(14)19(25)27-2)22-17(24)13-6-4-12(10-21)5-7-13/h4-7H,3,8-9,11H2,1-2H3,(H,22,24). The first kappa shape index (κ1) is 20.4. The lowest BCUT2D eigenvalue weighted by Gasteiger charge is -2.26. The SMILES string of the molecule is CCOC(=O)N1CCc2c(sc(NC(=O)c3ccc(C#N)cc3)c2C(=O)OC)C1. The molecule has 8 nitrogen and oxygen atoms in total. The highest BCUT2D eigenvalue weighted by Gasteiger charge is 2.31. The number of anilines is 1. The van der Waals surface area contributed by atoms with Gasteiger partial charge < -0.3 is 19.7 Å². The maximum Gasteiger partial charge on any atom is 0.410 e. The van der Waals surface area contributed by atoms with Crippen molar-refractivity contribution in [3.63, 3.8) is 0 Å². The maximum atomic E-state index is 12.6. The number of carbonyl (C=O) groups excluding carboxylic acids is 3. The Bertz CT molecular complexity index is 991. The van der Waals surface area contributed by atoms with Gasteiger partial charge in [-0.3, -0.25) is 4.79 Å². The van der Waals surface area contributed by atoms with E-state index in [1.54, 1.807) is 36.1 Å². The zero-order chi connectivity index (χ0) is 21.0. The van der Waals surface area contributed by atoms with Crippen molar-refractivity contribution in [1.82, 2.24) is 4.90 Å². The monoisotopic (exact) mass is 413 g/mol. The second-order valence-electron chi connectivity index (χ2n) is 6.21. The third kappa shape index (κ3) is 4.22. The van der Waals surface area contributed by atoms with Crippen LogP contribution in [-0.4, -0.2) is 43.1 Å². The van der Waals surface area contributed by atoms with E-state index >= 15 is 0 Å². The number of benzene rings is 1. The zero-order valence-electron chi connectivity index (χ0n) is 16.0. The van der Waals surface area contributed by atoms with Crippen LogP contribution >= 0.6 is 11.3 Å². The number of nitrogens with zero attached hydrogens (tertiary/aromatic N) is 2. The summed E-state index contributed by atoms with van der Waals surface area (Å²) in [5.74, 6) is -0.942. The molecule has 0 unspecified atom stereocenters. The number of ether oxygens (including phenoxy) is 2. The molecule has 29 heavy (non-hydrogen) atoms. The molecule has 1 N–H and O–H groups in total. The van der Waals surface area contributed by atoms with Gasteiger partial charge in [-0.2, -0.15) is 5.26 Å². The summed E-state index contributed by atoms with van der Waals surface area (Å²) in [6, 6.07) is 8.18. The van der Waals surface area contributed by atoms with Crippen LogP contribution in [0.1, 0.15) is 43.6 Å². The van der Waals surface area contributed by atoms with Gasteiger partial charge in [0.2, 0.25) is 0 Å². The van der Waals surface area contributed by atoms with Crippen molar-refractivity contribution >= 4 is 34.3 Å². The van der Waals surface area contributed by atoms with E-state index in [-0.39, 0.29) is 6.61 Å². The van der Waals surface area contributed by atoms with Gasteiger partial charge in [-0.1, -0.05) is 0 Å². The van der Waals surface area contributed by atoms with Crippen LogP contribution < -0.4 is 5.32 Å². The fourth-order valence-corrected chi connectivity index (χ4v) is 4.30.